The summed E-state index contributed by atoms with van der Waals surface area (Å²) in [7, 11) is 0. The number of amides is 1. The molecule has 1 saturated heterocycles. The molecule has 1 aliphatic heterocycles. The van der Waals surface area contributed by atoms with Crippen LogP contribution in [0, 0.1) is 11.8 Å². The summed E-state index contributed by atoms with van der Waals surface area (Å²) in [5, 5.41) is 6.32. The molecule has 74 valence electrons. The summed E-state index contributed by atoms with van der Waals surface area (Å²) < 4.78 is 0. The lowest BCUT2D eigenvalue weighted by atomic mass is 9.81. The predicted octanol–water partition coefficient (Wildman–Crippen LogP) is 0.511. The van der Waals surface area contributed by atoms with Gasteiger partial charge >= 0.3 is 0 Å². The first kappa shape index (κ1) is 9.00. The molecule has 0 aromatic heterocycles. The molecule has 1 amide bonds. The molecule has 0 spiro atoms. The number of hydrogen-bond donors (Lipinski definition) is 2. The first-order chi connectivity index (χ1) is 6.25. The van der Waals surface area contributed by atoms with Crippen molar-refractivity contribution in [2.24, 2.45) is 11.8 Å². The molecular weight excluding hydrogens is 164 g/mol. The average Bonchev–Trinajstić information content (AvgIpc) is 2.53. The van der Waals surface area contributed by atoms with Crippen LogP contribution in [0.2, 0.25) is 0 Å². The molecule has 0 aromatic carbocycles. The number of hydrogen-bond acceptors (Lipinski definition) is 2. The fourth-order valence-corrected chi connectivity index (χ4v) is 2.22. The zero-order valence-electron chi connectivity index (χ0n) is 8.18. The summed E-state index contributed by atoms with van der Waals surface area (Å²) in [4.78, 5) is 11.6. The Labute approximate surface area is 79.3 Å². The van der Waals surface area contributed by atoms with Gasteiger partial charge in [-0.3, -0.25) is 4.79 Å². The molecule has 0 bridgehead atoms. The van der Waals surface area contributed by atoms with E-state index in [0.29, 0.717) is 6.04 Å². The van der Waals surface area contributed by atoms with Gasteiger partial charge in [0.1, 0.15) is 0 Å². The normalized spacial score (nSPS) is 38.4. The summed E-state index contributed by atoms with van der Waals surface area (Å²) in [6.45, 7) is 4.10. The zero-order chi connectivity index (χ0) is 9.26. The third-order valence-electron chi connectivity index (χ3n) is 3.15. The Hall–Kier alpha value is -0.570. The second-order valence-corrected chi connectivity index (χ2v) is 4.47. The topological polar surface area (TPSA) is 41.1 Å². The summed E-state index contributed by atoms with van der Waals surface area (Å²) in [5.74, 6) is 1.31. The van der Waals surface area contributed by atoms with Crippen LogP contribution >= 0.6 is 0 Å². The Balaban J connectivity index is 1.72. The first-order valence-electron chi connectivity index (χ1n) is 5.27. The van der Waals surface area contributed by atoms with Crippen LogP contribution in [0.3, 0.4) is 0 Å². The maximum Gasteiger partial charge on any atom is 0.224 e. The maximum atomic E-state index is 11.6. The van der Waals surface area contributed by atoms with Gasteiger partial charge in [0.25, 0.3) is 0 Å². The average molecular weight is 182 g/mol. The van der Waals surface area contributed by atoms with E-state index in [2.05, 4.69) is 17.6 Å². The van der Waals surface area contributed by atoms with Crippen molar-refractivity contribution in [3.8, 4) is 0 Å². The van der Waals surface area contributed by atoms with E-state index in [1.165, 1.54) is 12.8 Å². The molecule has 3 nitrogen and oxygen atoms in total. The fraction of sp³-hybridized carbons (Fsp3) is 0.900. The van der Waals surface area contributed by atoms with E-state index in [1.54, 1.807) is 0 Å². The van der Waals surface area contributed by atoms with Crippen LogP contribution in [0.1, 0.15) is 26.2 Å². The van der Waals surface area contributed by atoms with Crippen molar-refractivity contribution in [1.29, 1.82) is 0 Å². The van der Waals surface area contributed by atoms with E-state index in [1.807, 2.05) is 0 Å². The summed E-state index contributed by atoms with van der Waals surface area (Å²) in [6.07, 6.45) is 3.35. The number of carbonyl (C=O) groups is 1. The van der Waals surface area contributed by atoms with E-state index in [0.717, 1.165) is 25.4 Å². The van der Waals surface area contributed by atoms with Gasteiger partial charge in [-0.25, -0.2) is 0 Å². The monoisotopic (exact) mass is 182 g/mol. The Bertz CT molecular complexity index is 193. The van der Waals surface area contributed by atoms with E-state index in [-0.39, 0.29) is 11.8 Å². The van der Waals surface area contributed by atoms with Gasteiger partial charge in [-0.2, -0.15) is 0 Å². The van der Waals surface area contributed by atoms with Crippen LogP contribution in [0.5, 0.6) is 0 Å². The van der Waals surface area contributed by atoms with Crippen LogP contribution in [-0.2, 0) is 4.79 Å². The molecule has 1 unspecified atom stereocenters. The Morgan fingerprint density at radius 3 is 2.77 bits per heavy atom. The van der Waals surface area contributed by atoms with Gasteiger partial charge in [-0.1, -0.05) is 6.92 Å². The zero-order valence-corrected chi connectivity index (χ0v) is 8.18. The molecular formula is C10H18N2O. The lowest BCUT2D eigenvalue weighted by molar-refractivity contribution is -0.125. The van der Waals surface area contributed by atoms with E-state index in [9.17, 15) is 4.79 Å². The Kier molecular flexibility index (Phi) is 2.54. The van der Waals surface area contributed by atoms with Crippen molar-refractivity contribution in [3.63, 3.8) is 0 Å². The van der Waals surface area contributed by atoms with Crippen LogP contribution in [-0.4, -0.2) is 25.0 Å². The highest BCUT2D eigenvalue weighted by atomic mass is 16.2. The molecule has 1 aliphatic carbocycles. The Morgan fingerprint density at radius 1 is 1.46 bits per heavy atom. The van der Waals surface area contributed by atoms with Crippen LogP contribution in [0.15, 0.2) is 0 Å². The Morgan fingerprint density at radius 2 is 2.23 bits per heavy atom. The third kappa shape index (κ3) is 2.02. The highest BCUT2D eigenvalue weighted by Gasteiger charge is 2.30. The fourth-order valence-electron chi connectivity index (χ4n) is 2.22. The smallest absolute Gasteiger partial charge is 0.224 e. The first-order valence-corrected chi connectivity index (χ1v) is 5.27. The highest BCUT2D eigenvalue weighted by Crippen LogP contribution is 2.26. The molecule has 13 heavy (non-hydrogen) atoms. The largest absolute Gasteiger partial charge is 0.353 e. The summed E-state index contributed by atoms with van der Waals surface area (Å²) in [6, 6.07) is 0.475. The molecule has 2 N–H and O–H groups in total. The second-order valence-electron chi connectivity index (χ2n) is 4.47. The molecule has 0 aromatic rings. The van der Waals surface area contributed by atoms with Gasteiger partial charge in [0.15, 0.2) is 0 Å². The van der Waals surface area contributed by atoms with Gasteiger partial charge in [-0.15, -0.1) is 0 Å². The second kappa shape index (κ2) is 3.66. The predicted molar refractivity (Wildman–Crippen MR) is 51.3 cm³/mol. The molecule has 0 radical (unpaired) electrons. The molecule has 2 rings (SSSR count). The van der Waals surface area contributed by atoms with E-state index in [4.69, 9.17) is 0 Å². The minimum Gasteiger partial charge on any atom is -0.353 e. The standard InChI is InChI=1S/C10H18N2O/c1-7-4-9(5-7)12-10(13)8-2-3-11-6-8/h7-9,11H,2-6H2,1H3,(H,12,13). The van der Waals surface area contributed by atoms with Gasteiger partial charge in [-0.05, 0) is 31.7 Å². The van der Waals surface area contributed by atoms with E-state index < -0.39 is 0 Å². The maximum absolute atomic E-state index is 11.6. The van der Waals surface area contributed by atoms with Crippen molar-refractivity contribution in [3.05, 3.63) is 0 Å². The molecule has 1 saturated carbocycles. The van der Waals surface area contributed by atoms with Crippen molar-refractivity contribution in [2.75, 3.05) is 13.1 Å². The molecule has 1 heterocycles. The van der Waals surface area contributed by atoms with Crippen LogP contribution in [0.4, 0.5) is 0 Å². The third-order valence-corrected chi connectivity index (χ3v) is 3.15. The highest BCUT2D eigenvalue weighted by molar-refractivity contribution is 5.79. The van der Waals surface area contributed by atoms with Gasteiger partial charge in [0.05, 0.1) is 5.92 Å². The van der Waals surface area contributed by atoms with Gasteiger partial charge in [0.2, 0.25) is 5.91 Å². The molecule has 1 atom stereocenters. The van der Waals surface area contributed by atoms with Crippen LogP contribution < -0.4 is 10.6 Å². The number of nitrogens with one attached hydrogen (secondary N) is 2. The van der Waals surface area contributed by atoms with Crippen molar-refractivity contribution >= 4 is 5.91 Å². The lowest BCUT2D eigenvalue weighted by Crippen LogP contribution is -2.46. The SMILES string of the molecule is CC1CC(NC(=O)C2CCNC2)C1. The minimum absolute atomic E-state index is 0.232. The molecule has 2 aliphatic rings. The summed E-state index contributed by atoms with van der Waals surface area (Å²) >= 11 is 0. The van der Waals surface area contributed by atoms with Gasteiger partial charge < -0.3 is 10.6 Å². The minimum atomic E-state index is 0.232. The number of carbonyl (C=O) groups excluding carboxylic acids is 1. The van der Waals surface area contributed by atoms with Crippen molar-refractivity contribution in [1.82, 2.24) is 10.6 Å². The van der Waals surface area contributed by atoms with Crippen LogP contribution in [0.25, 0.3) is 0 Å². The quantitative estimate of drug-likeness (QED) is 0.653. The lowest BCUT2D eigenvalue weighted by Gasteiger charge is -2.33. The van der Waals surface area contributed by atoms with Crippen molar-refractivity contribution in [2.45, 2.75) is 32.2 Å². The molecule has 2 fully saturated rings. The number of rotatable bonds is 2. The van der Waals surface area contributed by atoms with E-state index >= 15 is 0 Å². The molecule has 3 heteroatoms. The van der Waals surface area contributed by atoms with Gasteiger partial charge in [0, 0.05) is 12.6 Å². The summed E-state index contributed by atoms with van der Waals surface area (Å²) in [5.41, 5.74) is 0. The van der Waals surface area contributed by atoms with Crippen molar-refractivity contribution < 1.29 is 4.79 Å².